The highest BCUT2D eigenvalue weighted by Gasteiger charge is 2.25. The fraction of sp³-hybridized carbons (Fsp3) is 0.259. The first-order valence-corrected chi connectivity index (χ1v) is 11.3. The highest BCUT2D eigenvalue weighted by molar-refractivity contribution is 6.05. The minimum atomic E-state index is -0.111. The molecule has 0 unspecified atom stereocenters. The molecule has 33 heavy (non-hydrogen) atoms. The van der Waals surface area contributed by atoms with Gasteiger partial charge in [-0.25, -0.2) is 0 Å². The van der Waals surface area contributed by atoms with Crippen molar-refractivity contribution >= 4 is 45.1 Å². The summed E-state index contributed by atoms with van der Waals surface area (Å²) in [5.74, 6) is 0.371. The lowest BCUT2D eigenvalue weighted by molar-refractivity contribution is -0.120. The lowest BCUT2D eigenvalue weighted by Crippen LogP contribution is -2.39. The number of benzene rings is 3. The van der Waals surface area contributed by atoms with Gasteiger partial charge in [0.25, 0.3) is 5.91 Å². The third kappa shape index (κ3) is 4.04. The van der Waals surface area contributed by atoms with E-state index in [1.165, 1.54) is 0 Å². The van der Waals surface area contributed by atoms with Gasteiger partial charge in [-0.1, -0.05) is 38.1 Å². The van der Waals surface area contributed by atoms with Crippen LogP contribution in [-0.4, -0.2) is 25.0 Å². The summed E-state index contributed by atoms with van der Waals surface area (Å²) in [6.45, 7) is 4.29. The number of furan rings is 1. The zero-order chi connectivity index (χ0) is 22.9. The highest BCUT2D eigenvalue weighted by Crippen LogP contribution is 2.34. The van der Waals surface area contributed by atoms with Gasteiger partial charge in [-0.2, -0.15) is 0 Å². The van der Waals surface area contributed by atoms with E-state index in [1.807, 2.05) is 74.5 Å². The Labute approximate surface area is 192 Å². The Balaban J connectivity index is 1.34. The first-order valence-electron chi connectivity index (χ1n) is 11.3. The summed E-state index contributed by atoms with van der Waals surface area (Å²) in [5.41, 5.74) is 4.23. The molecule has 0 fully saturated rings. The Bertz CT molecular complexity index is 1360. The van der Waals surface area contributed by atoms with E-state index in [0.29, 0.717) is 12.3 Å². The number of hydrogen-bond donors (Lipinski definition) is 1. The Morgan fingerprint density at radius 2 is 1.85 bits per heavy atom. The number of anilines is 2. The summed E-state index contributed by atoms with van der Waals surface area (Å²) in [4.78, 5) is 27.1. The number of ether oxygens (including phenoxy) is 1. The van der Waals surface area contributed by atoms with Crippen molar-refractivity contribution in [3.05, 3.63) is 66.2 Å². The average Bonchev–Trinajstić information content (AvgIpc) is 3.20. The molecule has 168 valence electrons. The first-order chi connectivity index (χ1) is 16.0. The molecule has 5 rings (SSSR count). The van der Waals surface area contributed by atoms with Crippen LogP contribution in [0.2, 0.25) is 0 Å². The van der Waals surface area contributed by atoms with Crippen LogP contribution in [0.25, 0.3) is 21.9 Å². The molecule has 4 aromatic rings. The van der Waals surface area contributed by atoms with E-state index in [1.54, 1.807) is 4.90 Å². The number of para-hydroxylation sites is 1. The molecular formula is C27H26N2O4. The van der Waals surface area contributed by atoms with Gasteiger partial charge in [0.1, 0.15) is 16.9 Å². The molecule has 0 spiro atoms. The Hall–Kier alpha value is -3.80. The molecule has 0 aliphatic carbocycles. The van der Waals surface area contributed by atoms with Gasteiger partial charge in [0, 0.05) is 34.6 Å². The van der Waals surface area contributed by atoms with Gasteiger partial charge in [-0.3, -0.25) is 9.59 Å². The summed E-state index contributed by atoms with van der Waals surface area (Å²) < 4.78 is 11.7. The molecule has 1 N–H and O–H groups in total. The quantitative estimate of drug-likeness (QED) is 0.441. The summed E-state index contributed by atoms with van der Waals surface area (Å²) in [6.07, 6.45) is 1.65. The van der Waals surface area contributed by atoms with Gasteiger partial charge in [-0.15, -0.1) is 0 Å². The van der Waals surface area contributed by atoms with Crippen molar-refractivity contribution in [3.63, 3.8) is 0 Å². The molecule has 3 aromatic carbocycles. The van der Waals surface area contributed by atoms with E-state index >= 15 is 0 Å². The zero-order valence-corrected chi connectivity index (χ0v) is 18.8. The van der Waals surface area contributed by atoms with Crippen molar-refractivity contribution < 1.29 is 18.7 Å². The van der Waals surface area contributed by atoms with Crippen molar-refractivity contribution in [1.29, 1.82) is 0 Å². The number of hydrogen-bond acceptors (Lipinski definition) is 4. The predicted molar refractivity (Wildman–Crippen MR) is 130 cm³/mol. The average molecular weight is 443 g/mol. The molecule has 0 atom stereocenters. The fourth-order valence-electron chi connectivity index (χ4n) is 4.30. The van der Waals surface area contributed by atoms with Crippen LogP contribution in [0.3, 0.4) is 0 Å². The zero-order valence-electron chi connectivity index (χ0n) is 18.8. The van der Waals surface area contributed by atoms with Crippen LogP contribution in [-0.2, 0) is 16.0 Å². The van der Waals surface area contributed by atoms with E-state index < -0.39 is 0 Å². The molecule has 0 saturated carbocycles. The van der Waals surface area contributed by atoms with E-state index in [-0.39, 0.29) is 24.3 Å². The minimum Gasteiger partial charge on any atom is -0.484 e. The van der Waals surface area contributed by atoms with Gasteiger partial charge in [-0.05, 0) is 54.8 Å². The molecular weight excluding hydrogens is 416 g/mol. The maximum Gasteiger partial charge on any atom is 0.264 e. The highest BCUT2D eigenvalue weighted by atomic mass is 16.5. The van der Waals surface area contributed by atoms with E-state index in [9.17, 15) is 9.59 Å². The van der Waals surface area contributed by atoms with Crippen molar-refractivity contribution in [2.75, 3.05) is 23.4 Å². The third-order valence-corrected chi connectivity index (χ3v) is 6.04. The molecule has 2 amide bonds. The summed E-state index contributed by atoms with van der Waals surface area (Å²) in [6, 6.07) is 19.2. The topological polar surface area (TPSA) is 71.8 Å². The molecule has 6 nitrogen and oxygen atoms in total. The van der Waals surface area contributed by atoms with E-state index in [0.717, 1.165) is 51.7 Å². The predicted octanol–water partition coefficient (Wildman–Crippen LogP) is 5.54. The maximum absolute atomic E-state index is 13.1. The lowest BCUT2D eigenvalue weighted by atomic mass is 9.99. The fourth-order valence-corrected chi connectivity index (χ4v) is 4.30. The largest absolute Gasteiger partial charge is 0.484 e. The van der Waals surface area contributed by atoms with Crippen molar-refractivity contribution in [3.8, 4) is 5.75 Å². The maximum atomic E-state index is 13.1. The Morgan fingerprint density at radius 3 is 2.70 bits per heavy atom. The van der Waals surface area contributed by atoms with E-state index in [4.69, 9.17) is 9.15 Å². The minimum absolute atomic E-state index is 0.0302. The summed E-state index contributed by atoms with van der Waals surface area (Å²) in [5, 5.41) is 4.98. The van der Waals surface area contributed by atoms with Gasteiger partial charge in [0.2, 0.25) is 5.91 Å². The lowest BCUT2D eigenvalue weighted by Gasteiger charge is -2.31. The molecule has 0 bridgehead atoms. The number of carbonyl (C=O) groups excluding carboxylic acids is 2. The van der Waals surface area contributed by atoms with Crippen LogP contribution in [0.15, 0.2) is 65.1 Å². The second-order valence-corrected chi connectivity index (χ2v) is 8.64. The van der Waals surface area contributed by atoms with Gasteiger partial charge in [0.15, 0.2) is 6.61 Å². The van der Waals surface area contributed by atoms with Crippen LogP contribution in [0.1, 0.15) is 25.8 Å². The van der Waals surface area contributed by atoms with Crippen LogP contribution < -0.4 is 15.0 Å². The SMILES string of the molecule is CC(C)C(=O)Nc1cccc2c1CCCN2C(=O)COc1ccc2oc3ccccc3c2c1. The number of carbonyl (C=O) groups is 2. The Kier molecular flexibility index (Phi) is 5.50. The van der Waals surface area contributed by atoms with Crippen molar-refractivity contribution in [2.45, 2.75) is 26.7 Å². The van der Waals surface area contributed by atoms with Gasteiger partial charge in [0.05, 0.1) is 0 Å². The third-order valence-electron chi connectivity index (χ3n) is 6.04. The van der Waals surface area contributed by atoms with Gasteiger partial charge < -0.3 is 19.4 Å². The number of fused-ring (bicyclic) bond motifs is 4. The standard InChI is InChI=1S/C27H26N2O4/c1-17(2)27(31)28-22-9-5-10-23-20(22)8-6-14-29(23)26(30)16-32-18-12-13-25-21(15-18)19-7-3-4-11-24(19)33-25/h3-5,7,9-13,15,17H,6,8,14,16H2,1-2H3,(H,28,31). The van der Waals surface area contributed by atoms with Gasteiger partial charge >= 0.3 is 0 Å². The van der Waals surface area contributed by atoms with E-state index in [2.05, 4.69) is 5.32 Å². The van der Waals surface area contributed by atoms with Crippen molar-refractivity contribution in [2.24, 2.45) is 5.92 Å². The summed E-state index contributed by atoms with van der Waals surface area (Å²) in [7, 11) is 0. The second kappa shape index (κ2) is 8.62. The van der Waals surface area contributed by atoms with Crippen LogP contribution in [0.4, 0.5) is 11.4 Å². The van der Waals surface area contributed by atoms with Crippen LogP contribution >= 0.6 is 0 Å². The van der Waals surface area contributed by atoms with Crippen LogP contribution in [0.5, 0.6) is 5.75 Å². The first kappa shape index (κ1) is 21.1. The second-order valence-electron chi connectivity index (χ2n) is 8.64. The summed E-state index contributed by atoms with van der Waals surface area (Å²) >= 11 is 0. The molecule has 6 heteroatoms. The monoisotopic (exact) mass is 442 g/mol. The normalized spacial score (nSPS) is 13.4. The molecule has 1 aliphatic rings. The molecule has 2 heterocycles. The molecule has 0 radical (unpaired) electrons. The smallest absolute Gasteiger partial charge is 0.264 e. The number of nitrogens with zero attached hydrogens (tertiary/aromatic N) is 1. The number of amides is 2. The molecule has 1 aromatic heterocycles. The number of rotatable bonds is 5. The molecule has 1 aliphatic heterocycles. The van der Waals surface area contributed by atoms with Crippen molar-refractivity contribution in [1.82, 2.24) is 0 Å². The van der Waals surface area contributed by atoms with Crippen LogP contribution in [0, 0.1) is 5.92 Å². The Morgan fingerprint density at radius 1 is 1.03 bits per heavy atom. The number of nitrogens with one attached hydrogen (secondary N) is 1. The molecule has 0 saturated heterocycles.